The molecule has 1 aromatic rings. The van der Waals surface area contributed by atoms with Crippen LogP contribution in [0, 0.1) is 0 Å². The Hall–Kier alpha value is -1.92. The third-order valence-corrected chi connectivity index (χ3v) is 3.01. The monoisotopic (exact) mass is 305 g/mol. The van der Waals surface area contributed by atoms with Crippen molar-refractivity contribution in [2.45, 2.75) is 30.7 Å². The lowest BCUT2D eigenvalue weighted by molar-refractivity contribution is -0.277. The number of aliphatic hydroxyl groups excluding tert-OH is 4. The van der Waals surface area contributed by atoms with Crippen molar-refractivity contribution in [2.75, 3.05) is 12.3 Å². The number of aliphatic hydroxyl groups is 4. The van der Waals surface area contributed by atoms with Crippen molar-refractivity contribution in [3.05, 3.63) is 20.8 Å². The quantitative estimate of drug-likeness (QED) is 0.290. The Bertz CT molecular complexity index is 611. The van der Waals surface area contributed by atoms with Crippen LogP contribution in [-0.4, -0.2) is 67.7 Å². The van der Waals surface area contributed by atoms with Crippen molar-refractivity contribution in [3.8, 4) is 5.75 Å². The molecule has 1 saturated heterocycles. The first-order valence-electron chi connectivity index (χ1n) is 5.94. The number of nitrogen functional groups attached to an aromatic ring is 1. The van der Waals surface area contributed by atoms with E-state index < -0.39 is 60.1 Å². The molecule has 1 aromatic heterocycles. The third-order valence-electron chi connectivity index (χ3n) is 3.01. The lowest BCUT2D eigenvalue weighted by atomic mass is 9.99. The van der Waals surface area contributed by atoms with Crippen LogP contribution in [-0.2, 0) is 4.74 Å². The van der Waals surface area contributed by atoms with Gasteiger partial charge in [0.1, 0.15) is 24.4 Å². The van der Waals surface area contributed by atoms with Gasteiger partial charge in [0.25, 0.3) is 5.56 Å². The van der Waals surface area contributed by atoms with Gasteiger partial charge in [0, 0.05) is 0 Å². The van der Waals surface area contributed by atoms with E-state index in [-0.39, 0.29) is 0 Å². The van der Waals surface area contributed by atoms with E-state index in [2.05, 4.69) is 4.98 Å². The largest absolute Gasteiger partial charge is 0.452 e. The zero-order valence-corrected chi connectivity index (χ0v) is 10.6. The second-order valence-corrected chi connectivity index (χ2v) is 4.47. The number of aromatic amines is 2. The number of ether oxygens (including phenoxy) is 2. The van der Waals surface area contributed by atoms with Gasteiger partial charge in [-0.15, -0.1) is 0 Å². The molecule has 5 atom stereocenters. The summed E-state index contributed by atoms with van der Waals surface area (Å²) in [5.74, 6) is -0.931. The van der Waals surface area contributed by atoms with Crippen molar-refractivity contribution in [1.29, 1.82) is 0 Å². The van der Waals surface area contributed by atoms with E-state index >= 15 is 0 Å². The molecule has 2 rings (SSSR count). The minimum absolute atomic E-state index is 0.402. The lowest BCUT2D eigenvalue weighted by Gasteiger charge is -2.39. The molecular weight excluding hydrogens is 290 g/mol. The molecule has 1 fully saturated rings. The summed E-state index contributed by atoms with van der Waals surface area (Å²) in [7, 11) is 0. The van der Waals surface area contributed by atoms with Gasteiger partial charge in [-0.2, -0.15) is 0 Å². The van der Waals surface area contributed by atoms with Crippen molar-refractivity contribution in [3.63, 3.8) is 0 Å². The Balaban J connectivity index is 2.27. The second kappa shape index (κ2) is 5.83. The Morgan fingerprint density at radius 2 is 1.81 bits per heavy atom. The zero-order valence-electron chi connectivity index (χ0n) is 10.6. The maximum Gasteiger partial charge on any atom is 0.327 e. The number of rotatable bonds is 3. The standard InChI is InChI=1S/C10H15N3O8/c11-7-6(8(18)13-10(19)12-7)21-9-5(17)4(16)3(15)2(1-14)20-9/h2-5,9,14-17H,1H2,(H4,11,12,13,18,19)/t2-,3-,4+,5-,9+/m1/s1. The molecule has 0 spiro atoms. The summed E-state index contributed by atoms with van der Waals surface area (Å²) >= 11 is 0. The van der Waals surface area contributed by atoms with Gasteiger partial charge in [0.05, 0.1) is 6.61 Å². The predicted molar refractivity (Wildman–Crippen MR) is 66.5 cm³/mol. The Morgan fingerprint density at radius 1 is 1.14 bits per heavy atom. The predicted octanol–water partition coefficient (Wildman–Crippen LogP) is -4.18. The number of anilines is 1. The minimum Gasteiger partial charge on any atom is -0.452 e. The Labute approximate surface area is 116 Å². The highest BCUT2D eigenvalue weighted by atomic mass is 16.7. The van der Waals surface area contributed by atoms with E-state index in [1.165, 1.54) is 0 Å². The molecule has 0 radical (unpaired) electrons. The smallest absolute Gasteiger partial charge is 0.327 e. The highest BCUT2D eigenvalue weighted by Crippen LogP contribution is 2.24. The summed E-state index contributed by atoms with van der Waals surface area (Å²) in [5, 5.41) is 38.0. The van der Waals surface area contributed by atoms with Crippen molar-refractivity contribution in [1.82, 2.24) is 9.97 Å². The molecule has 0 saturated carbocycles. The van der Waals surface area contributed by atoms with Gasteiger partial charge in [0.2, 0.25) is 12.0 Å². The van der Waals surface area contributed by atoms with E-state index in [0.717, 1.165) is 0 Å². The van der Waals surface area contributed by atoms with Gasteiger partial charge in [-0.3, -0.25) is 14.8 Å². The molecular formula is C10H15N3O8. The SMILES string of the molecule is Nc1[nH]c(=O)[nH]c(=O)c1O[C@@H]1O[C@H](CO)[C@@H](O)[C@H](O)[C@H]1O. The maximum absolute atomic E-state index is 11.6. The molecule has 0 aromatic carbocycles. The molecule has 21 heavy (non-hydrogen) atoms. The maximum atomic E-state index is 11.6. The molecule has 8 N–H and O–H groups in total. The molecule has 0 amide bonds. The van der Waals surface area contributed by atoms with E-state index in [9.17, 15) is 24.9 Å². The van der Waals surface area contributed by atoms with E-state index in [0.29, 0.717) is 0 Å². The molecule has 118 valence electrons. The number of H-pyrrole nitrogens is 2. The third kappa shape index (κ3) is 2.91. The van der Waals surface area contributed by atoms with Crippen molar-refractivity contribution < 1.29 is 29.9 Å². The summed E-state index contributed by atoms with van der Waals surface area (Å²) in [6.07, 6.45) is -7.69. The van der Waals surface area contributed by atoms with Crippen molar-refractivity contribution >= 4 is 5.82 Å². The van der Waals surface area contributed by atoms with Gasteiger partial charge >= 0.3 is 5.69 Å². The molecule has 11 heteroatoms. The van der Waals surface area contributed by atoms with Crippen molar-refractivity contribution in [2.24, 2.45) is 0 Å². The van der Waals surface area contributed by atoms with Crippen LogP contribution in [0.5, 0.6) is 5.75 Å². The van der Waals surface area contributed by atoms with Gasteiger partial charge < -0.3 is 35.6 Å². The van der Waals surface area contributed by atoms with Crippen LogP contribution in [0.15, 0.2) is 9.59 Å². The average molecular weight is 305 g/mol. The fraction of sp³-hybridized carbons (Fsp3) is 0.600. The molecule has 0 unspecified atom stereocenters. The number of nitrogens with one attached hydrogen (secondary N) is 2. The van der Waals surface area contributed by atoms with E-state index in [4.69, 9.17) is 20.3 Å². The minimum atomic E-state index is -1.70. The van der Waals surface area contributed by atoms with Crippen LogP contribution in [0.1, 0.15) is 0 Å². The summed E-state index contributed by atoms with van der Waals surface area (Å²) in [6, 6.07) is 0. The van der Waals surface area contributed by atoms with E-state index in [1.807, 2.05) is 4.98 Å². The summed E-state index contributed by atoms with van der Waals surface area (Å²) in [4.78, 5) is 26.5. The number of nitrogens with two attached hydrogens (primary N) is 1. The van der Waals surface area contributed by atoms with E-state index in [1.54, 1.807) is 0 Å². The van der Waals surface area contributed by atoms with Gasteiger partial charge in [-0.05, 0) is 0 Å². The first kappa shape index (κ1) is 15.5. The van der Waals surface area contributed by atoms with Gasteiger partial charge in [0.15, 0.2) is 5.82 Å². The average Bonchev–Trinajstić information content (AvgIpc) is 2.42. The first-order valence-corrected chi connectivity index (χ1v) is 5.94. The fourth-order valence-corrected chi connectivity index (χ4v) is 1.89. The highest BCUT2D eigenvalue weighted by molar-refractivity contribution is 5.42. The van der Waals surface area contributed by atoms with Gasteiger partial charge in [-0.1, -0.05) is 0 Å². The molecule has 11 nitrogen and oxygen atoms in total. The number of hydrogen-bond acceptors (Lipinski definition) is 9. The number of aromatic nitrogens is 2. The molecule has 0 bridgehead atoms. The summed E-state index contributed by atoms with van der Waals surface area (Å²) < 4.78 is 10.1. The van der Waals surface area contributed by atoms with Crippen LogP contribution in [0.2, 0.25) is 0 Å². The van der Waals surface area contributed by atoms with Crippen LogP contribution in [0.4, 0.5) is 5.82 Å². The van der Waals surface area contributed by atoms with Crippen LogP contribution in [0.3, 0.4) is 0 Å². The lowest BCUT2D eigenvalue weighted by Crippen LogP contribution is -2.60. The summed E-state index contributed by atoms with van der Waals surface area (Å²) in [6.45, 7) is -0.651. The zero-order chi connectivity index (χ0) is 15.7. The highest BCUT2D eigenvalue weighted by Gasteiger charge is 2.45. The number of hydrogen-bond donors (Lipinski definition) is 7. The summed E-state index contributed by atoms with van der Waals surface area (Å²) in [5.41, 5.74) is 3.60. The Morgan fingerprint density at radius 3 is 2.38 bits per heavy atom. The van der Waals surface area contributed by atoms with Crippen LogP contribution in [0.25, 0.3) is 0 Å². The Kier molecular flexibility index (Phi) is 4.29. The van der Waals surface area contributed by atoms with Gasteiger partial charge in [-0.25, -0.2) is 4.79 Å². The molecule has 1 aliphatic heterocycles. The molecule has 1 aliphatic rings. The van der Waals surface area contributed by atoms with Crippen LogP contribution < -0.4 is 21.7 Å². The fourth-order valence-electron chi connectivity index (χ4n) is 1.89. The first-order chi connectivity index (χ1) is 9.85. The molecule has 2 heterocycles. The normalized spacial score (nSPS) is 32.9. The van der Waals surface area contributed by atoms with Crippen LogP contribution >= 0.6 is 0 Å². The second-order valence-electron chi connectivity index (χ2n) is 4.47. The molecule has 0 aliphatic carbocycles. The topological polar surface area (TPSA) is 191 Å².